The first-order chi connectivity index (χ1) is 6.91. The Morgan fingerprint density at radius 1 is 1.47 bits per heavy atom. The Bertz CT molecular complexity index is 638. The van der Waals surface area contributed by atoms with Gasteiger partial charge in [-0.25, -0.2) is 17.8 Å². The van der Waals surface area contributed by atoms with Crippen molar-refractivity contribution >= 4 is 36.9 Å². The van der Waals surface area contributed by atoms with Crippen LogP contribution in [0.3, 0.4) is 0 Å². The number of aromatic nitrogens is 2. The highest BCUT2D eigenvalue weighted by molar-refractivity contribution is 8.13. The van der Waals surface area contributed by atoms with E-state index in [0.717, 1.165) is 6.33 Å². The van der Waals surface area contributed by atoms with Gasteiger partial charge in [0.15, 0.2) is 10.8 Å². The lowest BCUT2D eigenvalue weighted by molar-refractivity contribution is 0.604. The number of hydrogen-bond acceptors (Lipinski definition) is 3. The third kappa shape index (κ3) is 1.68. The van der Waals surface area contributed by atoms with Crippen LogP contribution < -0.4 is 0 Å². The molecular formula is C7H3Cl2FN2O2S. The molecule has 0 aliphatic carbocycles. The molecule has 0 unspecified atom stereocenters. The lowest BCUT2D eigenvalue weighted by Gasteiger charge is -1.98. The van der Waals surface area contributed by atoms with Gasteiger partial charge in [-0.15, -0.1) is 0 Å². The number of pyridine rings is 1. The Hall–Kier alpha value is -0.850. The van der Waals surface area contributed by atoms with Gasteiger partial charge in [-0.05, 0) is 6.07 Å². The number of hydrogen-bond donors (Lipinski definition) is 0. The second-order valence-electron chi connectivity index (χ2n) is 2.72. The molecule has 4 nitrogen and oxygen atoms in total. The molecule has 8 heteroatoms. The average molecular weight is 269 g/mol. The van der Waals surface area contributed by atoms with E-state index in [1.807, 2.05) is 0 Å². The fourth-order valence-electron chi connectivity index (χ4n) is 1.17. The first kappa shape index (κ1) is 10.7. The molecule has 2 heterocycles. The van der Waals surface area contributed by atoms with Gasteiger partial charge in [0, 0.05) is 16.9 Å². The topological polar surface area (TPSA) is 51.4 Å². The molecule has 0 atom stereocenters. The highest BCUT2D eigenvalue weighted by atomic mass is 35.7. The second kappa shape index (κ2) is 3.33. The standard InChI is InChI=1S/C7H3Cl2FN2O2S/c8-4-1-2-12-3-11-7(15(9,13)14)6(12)5(4)10/h1-3H. The maximum Gasteiger partial charge on any atom is 0.280 e. The van der Waals surface area contributed by atoms with Crippen molar-refractivity contribution in [2.45, 2.75) is 5.03 Å². The highest BCUT2D eigenvalue weighted by Gasteiger charge is 2.21. The van der Waals surface area contributed by atoms with Crippen LogP contribution in [0.2, 0.25) is 5.02 Å². The Morgan fingerprint density at radius 3 is 2.73 bits per heavy atom. The summed E-state index contributed by atoms with van der Waals surface area (Å²) in [5, 5.41) is -0.728. The molecule has 2 rings (SSSR count). The van der Waals surface area contributed by atoms with Gasteiger partial charge in [0.2, 0.25) is 0 Å². The molecule has 0 aliphatic heterocycles. The summed E-state index contributed by atoms with van der Waals surface area (Å²) < 4.78 is 36.8. The van der Waals surface area contributed by atoms with Crippen molar-refractivity contribution in [1.82, 2.24) is 9.38 Å². The Morgan fingerprint density at radius 2 is 2.13 bits per heavy atom. The molecule has 2 aromatic heterocycles. The van der Waals surface area contributed by atoms with Gasteiger partial charge < -0.3 is 4.40 Å². The molecule has 0 N–H and O–H groups in total. The van der Waals surface area contributed by atoms with Crippen molar-refractivity contribution in [2.24, 2.45) is 0 Å². The highest BCUT2D eigenvalue weighted by Crippen LogP contribution is 2.25. The lowest BCUT2D eigenvalue weighted by atomic mass is 10.4. The first-order valence-electron chi connectivity index (χ1n) is 3.66. The van der Waals surface area contributed by atoms with Crippen molar-refractivity contribution in [1.29, 1.82) is 0 Å². The predicted octanol–water partition coefficient (Wildman–Crippen LogP) is 2.05. The number of nitrogens with zero attached hydrogens (tertiary/aromatic N) is 2. The third-order valence-corrected chi connectivity index (χ3v) is 3.28. The van der Waals surface area contributed by atoms with Crippen molar-refractivity contribution < 1.29 is 12.8 Å². The van der Waals surface area contributed by atoms with Gasteiger partial charge in [-0.3, -0.25) is 0 Å². The molecule has 0 aliphatic rings. The third-order valence-electron chi connectivity index (χ3n) is 1.79. The van der Waals surface area contributed by atoms with Crippen LogP contribution >= 0.6 is 22.3 Å². The molecular weight excluding hydrogens is 266 g/mol. The summed E-state index contributed by atoms with van der Waals surface area (Å²) in [6.45, 7) is 0. The Kier molecular flexibility index (Phi) is 2.37. The van der Waals surface area contributed by atoms with Crippen LogP contribution in [0.5, 0.6) is 0 Å². The summed E-state index contributed by atoms with van der Waals surface area (Å²) in [6.07, 6.45) is 2.53. The smallest absolute Gasteiger partial charge is 0.280 e. The molecule has 0 radical (unpaired) electrons. The van der Waals surface area contributed by atoms with Crippen LogP contribution in [0.25, 0.3) is 5.52 Å². The summed E-state index contributed by atoms with van der Waals surface area (Å²) in [4.78, 5) is 3.51. The number of rotatable bonds is 1. The van der Waals surface area contributed by atoms with E-state index in [0.29, 0.717) is 0 Å². The van der Waals surface area contributed by atoms with E-state index in [1.165, 1.54) is 16.7 Å². The largest absolute Gasteiger partial charge is 0.302 e. The second-order valence-corrected chi connectivity index (χ2v) is 5.61. The summed E-state index contributed by atoms with van der Waals surface area (Å²) in [7, 11) is 1.01. The predicted molar refractivity (Wildman–Crippen MR) is 53.2 cm³/mol. The fraction of sp³-hybridized carbons (Fsp3) is 0. The van der Waals surface area contributed by atoms with Gasteiger partial charge in [0.05, 0.1) is 5.02 Å². The van der Waals surface area contributed by atoms with E-state index >= 15 is 0 Å². The monoisotopic (exact) mass is 268 g/mol. The zero-order valence-corrected chi connectivity index (χ0v) is 9.31. The minimum Gasteiger partial charge on any atom is -0.302 e. The van der Waals surface area contributed by atoms with Crippen LogP contribution in [0.4, 0.5) is 4.39 Å². The SMILES string of the molecule is O=S(=O)(Cl)c1ncn2ccc(Cl)c(F)c12. The van der Waals surface area contributed by atoms with Crippen LogP contribution in [0.1, 0.15) is 0 Å². The van der Waals surface area contributed by atoms with Crippen molar-refractivity contribution in [3.05, 3.63) is 29.4 Å². The molecule has 0 saturated carbocycles. The van der Waals surface area contributed by atoms with E-state index in [4.69, 9.17) is 22.3 Å². The molecule has 15 heavy (non-hydrogen) atoms. The summed E-state index contributed by atoms with van der Waals surface area (Å²) >= 11 is 5.51. The van der Waals surface area contributed by atoms with Crippen LogP contribution in [0, 0.1) is 5.82 Å². The molecule has 0 fully saturated rings. The van der Waals surface area contributed by atoms with E-state index in [1.54, 1.807) is 0 Å². The summed E-state index contributed by atoms with van der Waals surface area (Å²) in [5.74, 6) is -0.865. The zero-order valence-electron chi connectivity index (χ0n) is 6.99. The molecule has 2 aromatic rings. The Labute approximate surface area is 93.7 Å². The normalized spacial score (nSPS) is 12.2. The van der Waals surface area contributed by atoms with Gasteiger partial charge >= 0.3 is 0 Å². The Balaban J connectivity index is 2.96. The molecule has 0 amide bonds. The molecule has 0 aromatic carbocycles. The molecule has 80 valence electrons. The summed E-state index contributed by atoms with van der Waals surface area (Å²) in [6, 6.07) is 1.29. The van der Waals surface area contributed by atoms with Crippen molar-refractivity contribution in [3.63, 3.8) is 0 Å². The van der Waals surface area contributed by atoms with Gasteiger partial charge in [0.1, 0.15) is 11.8 Å². The van der Waals surface area contributed by atoms with E-state index in [-0.39, 0.29) is 10.5 Å². The van der Waals surface area contributed by atoms with Crippen molar-refractivity contribution in [3.8, 4) is 0 Å². The summed E-state index contributed by atoms with van der Waals surface area (Å²) in [5.41, 5.74) is -0.252. The van der Waals surface area contributed by atoms with Gasteiger partial charge in [-0.2, -0.15) is 0 Å². The first-order valence-corrected chi connectivity index (χ1v) is 6.35. The van der Waals surface area contributed by atoms with Crippen LogP contribution in [0.15, 0.2) is 23.6 Å². The zero-order chi connectivity index (χ0) is 11.2. The molecule has 0 spiro atoms. The fourth-order valence-corrected chi connectivity index (χ4v) is 2.26. The molecule has 0 bridgehead atoms. The van der Waals surface area contributed by atoms with Gasteiger partial charge in [0.25, 0.3) is 9.05 Å². The number of halogens is 3. The quantitative estimate of drug-likeness (QED) is 0.744. The van der Waals surface area contributed by atoms with Gasteiger partial charge in [-0.1, -0.05) is 11.6 Å². The van der Waals surface area contributed by atoms with Crippen LogP contribution in [-0.2, 0) is 9.05 Å². The minimum absolute atomic E-state index is 0.190. The maximum absolute atomic E-state index is 13.5. The molecule has 0 saturated heterocycles. The van der Waals surface area contributed by atoms with E-state index < -0.39 is 19.9 Å². The lowest BCUT2D eigenvalue weighted by Crippen LogP contribution is -1.95. The number of fused-ring (bicyclic) bond motifs is 1. The average Bonchev–Trinajstić information content (AvgIpc) is 2.54. The minimum atomic E-state index is -4.08. The maximum atomic E-state index is 13.5. The van der Waals surface area contributed by atoms with E-state index in [9.17, 15) is 12.8 Å². The van der Waals surface area contributed by atoms with Crippen LogP contribution in [-0.4, -0.2) is 17.8 Å². The number of imidazole rings is 1. The van der Waals surface area contributed by atoms with Crippen molar-refractivity contribution in [2.75, 3.05) is 0 Å². The van der Waals surface area contributed by atoms with E-state index in [2.05, 4.69) is 4.98 Å².